The first-order chi connectivity index (χ1) is 6.90. The van der Waals surface area contributed by atoms with E-state index in [1.807, 2.05) is 13.8 Å². The van der Waals surface area contributed by atoms with E-state index >= 15 is 0 Å². The molecule has 0 saturated heterocycles. The van der Waals surface area contributed by atoms with Gasteiger partial charge >= 0.3 is 0 Å². The second kappa shape index (κ2) is 6.79. The molecular formula is C9H21N3O2S. The van der Waals surface area contributed by atoms with Gasteiger partial charge in [-0.2, -0.15) is 0 Å². The summed E-state index contributed by atoms with van der Waals surface area (Å²) in [6, 6.07) is 0. The fraction of sp³-hybridized carbons (Fsp3) is 0.889. The van der Waals surface area contributed by atoms with Crippen LogP contribution in [0, 0.1) is 5.41 Å². The van der Waals surface area contributed by atoms with Crippen molar-refractivity contribution in [1.29, 1.82) is 0 Å². The van der Waals surface area contributed by atoms with E-state index in [0.717, 1.165) is 19.5 Å². The zero-order chi connectivity index (χ0) is 11.9. The average Bonchev–Trinajstić information content (AvgIpc) is 2.15. The van der Waals surface area contributed by atoms with E-state index in [-0.39, 0.29) is 11.3 Å². The maximum Gasteiger partial charge on any atom is 0.144 e. The fourth-order valence-corrected chi connectivity index (χ4v) is 1.44. The summed E-state index contributed by atoms with van der Waals surface area (Å²) in [5, 5.41) is 14.7. The van der Waals surface area contributed by atoms with Crippen LogP contribution in [-0.2, 0) is 10.8 Å². The Kier molecular flexibility index (Phi) is 6.51. The van der Waals surface area contributed by atoms with Gasteiger partial charge in [0.25, 0.3) is 0 Å². The van der Waals surface area contributed by atoms with Crippen molar-refractivity contribution in [1.82, 2.24) is 5.32 Å². The lowest BCUT2D eigenvalue weighted by atomic mass is 9.88. The normalized spacial score (nSPS) is 15.3. The van der Waals surface area contributed by atoms with Crippen molar-refractivity contribution < 1.29 is 9.42 Å². The van der Waals surface area contributed by atoms with Gasteiger partial charge in [0.2, 0.25) is 0 Å². The summed E-state index contributed by atoms with van der Waals surface area (Å²) < 4.78 is 10.8. The highest BCUT2D eigenvalue weighted by Gasteiger charge is 2.22. The minimum atomic E-state index is -0.751. The minimum Gasteiger partial charge on any atom is -0.409 e. The van der Waals surface area contributed by atoms with E-state index in [0.29, 0.717) is 5.75 Å². The summed E-state index contributed by atoms with van der Waals surface area (Å²) in [6.45, 7) is 5.33. The van der Waals surface area contributed by atoms with Gasteiger partial charge in [0.05, 0.1) is 0 Å². The Hall–Kier alpha value is -0.620. The molecule has 0 rings (SSSR count). The molecule has 0 aliphatic heterocycles. The topological polar surface area (TPSA) is 87.7 Å². The molecule has 0 aromatic heterocycles. The van der Waals surface area contributed by atoms with E-state index < -0.39 is 10.8 Å². The number of oxime groups is 1. The van der Waals surface area contributed by atoms with E-state index in [1.165, 1.54) is 0 Å². The van der Waals surface area contributed by atoms with Gasteiger partial charge in [-0.05, 0) is 13.0 Å². The standard InChI is InChI=1S/C9H21N3O2S/c1-9(2,8(10)12-13)4-5-11-6-7-15(3)14/h11,13H,4-7H2,1-3H3,(H2,10,12). The number of amidine groups is 1. The van der Waals surface area contributed by atoms with Crippen LogP contribution in [0.4, 0.5) is 0 Å². The first kappa shape index (κ1) is 14.4. The Balaban J connectivity index is 3.71. The maximum atomic E-state index is 10.8. The molecule has 0 aromatic carbocycles. The Bertz CT molecular complexity index is 242. The SMILES string of the molecule is CS(=O)CCNCCC(C)(C)C(N)=NO. The summed E-state index contributed by atoms with van der Waals surface area (Å²) in [4.78, 5) is 0. The highest BCUT2D eigenvalue weighted by Crippen LogP contribution is 2.19. The Morgan fingerprint density at radius 3 is 2.60 bits per heavy atom. The number of hydrogen-bond donors (Lipinski definition) is 3. The average molecular weight is 235 g/mol. The van der Waals surface area contributed by atoms with Crippen molar-refractivity contribution >= 4 is 16.6 Å². The van der Waals surface area contributed by atoms with Crippen LogP contribution in [0.15, 0.2) is 5.16 Å². The van der Waals surface area contributed by atoms with Gasteiger partial charge < -0.3 is 16.3 Å². The minimum absolute atomic E-state index is 0.239. The van der Waals surface area contributed by atoms with Crippen LogP contribution in [0.5, 0.6) is 0 Å². The lowest BCUT2D eigenvalue weighted by molar-refractivity contribution is 0.305. The first-order valence-corrected chi connectivity index (χ1v) is 6.61. The van der Waals surface area contributed by atoms with Gasteiger partial charge in [0.1, 0.15) is 5.84 Å². The summed E-state index contributed by atoms with van der Waals surface area (Å²) >= 11 is 0. The molecule has 0 saturated carbocycles. The number of rotatable bonds is 7. The van der Waals surface area contributed by atoms with Crippen molar-refractivity contribution in [3.63, 3.8) is 0 Å². The highest BCUT2D eigenvalue weighted by molar-refractivity contribution is 7.84. The smallest absolute Gasteiger partial charge is 0.144 e. The van der Waals surface area contributed by atoms with Gasteiger partial charge in [0, 0.05) is 34.8 Å². The molecule has 0 spiro atoms. The molecule has 0 amide bonds. The molecule has 15 heavy (non-hydrogen) atoms. The molecular weight excluding hydrogens is 214 g/mol. The van der Waals surface area contributed by atoms with Crippen LogP contribution in [-0.4, -0.2) is 40.3 Å². The second-order valence-corrected chi connectivity index (χ2v) is 5.70. The van der Waals surface area contributed by atoms with Crippen molar-refractivity contribution in [3.05, 3.63) is 0 Å². The largest absolute Gasteiger partial charge is 0.409 e. The molecule has 0 radical (unpaired) electrons. The van der Waals surface area contributed by atoms with E-state index in [1.54, 1.807) is 6.26 Å². The maximum absolute atomic E-state index is 10.8. The zero-order valence-corrected chi connectivity index (χ0v) is 10.4. The molecule has 0 aliphatic carbocycles. The van der Waals surface area contributed by atoms with Crippen LogP contribution < -0.4 is 11.1 Å². The molecule has 0 heterocycles. The summed E-state index contributed by atoms with van der Waals surface area (Å²) in [6.07, 6.45) is 2.46. The van der Waals surface area contributed by atoms with Gasteiger partial charge in [0.15, 0.2) is 0 Å². The predicted octanol–water partition coefficient (Wildman–Crippen LogP) is 0.117. The van der Waals surface area contributed by atoms with Crippen LogP contribution in [0.2, 0.25) is 0 Å². The van der Waals surface area contributed by atoms with Crippen LogP contribution in [0.3, 0.4) is 0 Å². The van der Waals surface area contributed by atoms with Crippen LogP contribution in [0.25, 0.3) is 0 Å². The number of nitrogens with two attached hydrogens (primary N) is 1. The van der Waals surface area contributed by atoms with Crippen molar-refractivity contribution in [2.45, 2.75) is 20.3 Å². The lowest BCUT2D eigenvalue weighted by Crippen LogP contribution is -2.35. The summed E-state index contributed by atoms with van der Waals surface area (Å²) in [7, 11) is -0.751. The molecule has 6 heteroatoms. The Morgan fingerprint density at radius 1 is 1.53 bits per heavy atom. The van der Waals surface area contributed by atoms with E-state index in [9.17, 15) is 4.21 Å². The van der Waals surface area contributed by atoms with Crippen LogP contribution >= 0.6 is 0 Å². The first-order valence-electron chi connectivity index (χ1n) is 4.89. The fourth-order valence-electron chi connectivity index (χ4n) is 1.01. The van der Waals surface area contributed by atoms with Gasteiger partial charge in [-0.25, -0.2) is 0 Å². The lowest BCUT2D eigenvalue weighted by Gasteiger charge is -2.22. The third-order valence-corrected chi connectivity index (χ3v) is 3.07. The van der Waals surface area contributed by atoms with Gasteiger partial charge in [-0.15, -0.1) is 0 Å². The number of nitrogens with zero attached hydrogens (tertiary/aromatic N) is 1. The second-order valence-electron chi connectivity index (χ2n) is 4.15. The van der Waals surface area contributed by atoms with Crippen molar-refractivity contribution in [2.24, 2.45) is 16.3 Å². The molecule has 90 valence electrons. The molecule has 1 atom stereocenters. The Morgan fingerprint density at radius 2 is 2.13 bits per heavy atom. The molecule has 1 unspecified atom stereocenters. The molecule has 0 fully saturated rings. The van der Waals surface area contributed by atoms with Crippen molar-refractivity contribution in [3.8, 4) is 0 Å². The quantitative estimate of drug-likeness (QED) is 0.192. The Labute approximate surface area is 93.6 Å². The van der Waals surface area contributed by atoms with Crippen molar-refractivity contribution in [2.75, 3.05) is 25.1 Å². The summed E-state index contributed by atoms with van der Waals surface area (Å²) in [5.74, 6) is 0.896. The molecule has 0 aliphatic rings. The third-order valence-electron chi connectivity index (χ3n) is 2.29. The van der Waals surface area contributed by atoms with Crippen LogP contribution in [0.1, 0.15) is 20.3 Å². The monoisotopic (exact) mass is 235 g/mol. The van der Waals surface area contributed by atoms with E-state index in [2.05, 4.69) is 10.5 Å². The molecule has 0 aromatic rings. The van der Waals surface area contributed by atoms with Gasteiger partial charge in [-0.1, -0.05) is 19.0 Å². The van der Waals surface area contributed by atoms with Gasteiger partial charge in [-0.3, -0.25) is 4.21 Å². The predicted molar refractivity (Wildman–Crippen MR) is 63.6 cm³/mol. The number of nitrogens with one attached hydrogen (secondary N) is 1. The number of hydrogen-bond acceptors (Lipinski definition) is 4. The molecule has 5 nitrogen and oxygen atoms in total. The highest BCUT2D eigenvalue weighted by atomic mass is 32.2. The zero-order valence-electron chi connectivity index (χ0n) is 9.62. The molecule has 4 N–H and O–H groups in total. The summed E-state index contributed by atoms with van der Waals surface area (Å²) in [5.41, 5.74) is 5.22. The van der Waals surface area contributed by atoms with E-state index in [4.69, 9.17) is 10.9 Å². The third kappa shape index (κ3) is 6.46. The molecule has 0 bridgehead atoms.